The summed E-state index contributed by atoms with van der Waals surface area (Å²) >= 11 is 0. The molecule has 0 aliphatic carbocycles. The molecule has 180 valence electrons. The van der Waals surface area contributed by atoms with E-state index < -0.39 is 30.5 Å². The maximum absolute atomic E-state index is 12.3. The average molecular weight is 469 g/mol. The Hall–Kier alpha value is -4.27. The fraction of sp³-hybridized carbons (Fsp3) is 0.240. The molecule has 0 aliphatic heterocycles. The summed E-state index contributed by atoms with van der Waals surface area (Å²) in [4.78, 5) is 35.7. The van der Waals surface area contributed by atoms with Crippen LogP contribution in [0.25, 0.3) is 0 Å². The number of benzene rings is 2. The molecular weight excluding hydrogens is 440 g/mol. The normalized spacial score (nSPS) is 11.8. The SMILES string of the molecule is C=CCOC(=O)Nc1cccc(C(C)OC(=O)OC(C)c2cccc(NC(=O)OCC=C)c2)c1. The lowest BCUT2D eigenvalue weighted by Crippen LogP contribution is -2.15. The minimum Gasteiger partial charge on any atom is -0.445 e. The van der Waals surface area contributed by atoms with Gasteiger partial charge in [0.25, 0.3) is 0 Å². The number of hydrogen-bond donors (Lipinski definition) is 2. The molecule has 34 heavy (non-hydrogen) atoms. The maximum atomic E-state index is 12.3. The first kappa shape index (κ1) is 26.0. The molecule has 9 heteroatoms. The van der Waals surface area contributed by atoms with Gasteiger partial charge in [-0.05, 0) is 49.2 Å². The summed E-state index contributed by atoms with van der Waals surface area (Å²) in [5, 5.41) is 5.17. The summed E-state index contributed by atoms with van der Waals surface area (Å²) in [6.45, 7) is 10.5. The molecule has 0 radical (unpaired) electrons. The van der Waals surface area contributed by atoms with Crippen molar-refractivity contribution in [3.63, 3.8) is 0 Å². The maximum Gasteiger partial charge on any atom is 0.509 e. The van der Waals surface area contributed by atoms with Gasteiger partial charge in [-0.1, -0.05) is 49.6 Å². The van der Waals surface area contributed by atoms with Gasteiger partial charge in [0.2, 0.25) is 0 Å². The molecule has 2 N–H and O–H groups in total. The van der Waals surface area contributed by atoms with Crippen molar-refractivity contribution >= 4 is 29.7 Å². The van der Waals surface area contributed by atoms with E-state index in [1.54, 1.807) is 62.4 Å². The van der Waals surface area contributed by atoms with Crippen LogP contribution in [-0.4, -0.2) is 31.6 Å². The number of hydrogen-bond acceptors (Lipinski definition) is 7. The van der Waals surface area contributed by atoms with Gasteiger partial charge in [-0.3, -0.25) is 10.6 Å². The Morgan fingerprint density at radius 1 is 0.794 bits per heavy atom. The lowest BCUT2D eigenvalue weighted by molar-refractivity contribution is 0.00625. The van der Waals surface area contributed by atoms with Gasteiger partial charge in [-0.25, -0.2) is 14.4 Å². The first-order chi connectivity index (χ1) is 16.3. The summed E-state index contributed by atoms with van der Waals surface area (Å²) in [6, 6.07) is 13.6. The van der Waals surface area contributed by atoms with Crippen LogP contribution in [0.15, 0.2) is 73.8 Å². The number of carbonyl (C=O) groups excluding carboxylic acids is 3. The van der Waals surface area contributed by atoms with Crippen molar-refractivity contribution in [2.45, 2.75) is 26.1 Å². The van der Waals surface area contributed by atoms with Gasteiger partial charge >= 0.3 is 18.3 Å². The van der Waals surface area contributed by atoms with E-state index in [9.17, 15) is 14.4 Å². The highest BCUT2D eigenvalue weighted by molar-refractivity contribution is 5.85. The second-order valence-corrected chi connectivity index (χ2v) is 7.05. The Bertz CT molecular complexity index is 942. The molecule has 0 saturated carbocycles. The molecule has 0 heterocycles. The fourth-order valence-electron chi connectivity index (χ4n) is 2.77. The van der Waals surface area contributed by atoms with Gasteiger partial charge in [0.05, 0.1) is 0 Å². The summed E-state index contributed by atoms with van der Waals surface area (Å²) in [7, 11) is 0. The van der Waals surface area contributed by atoms with Gasteiger partial charge in [-0.15, -0.1) is 0 Å². The quantitative estimate of drug-likeness (QED) is 0.245. The first-order valence-electron chi connectivity index (χ1n) is 10.5. The molecule has 0 aromatic heterocycles. The molecule has 0 fully saturated rings. The zero-order chi connectivity index (χ0) is 24.9. The van der Waals surface area contributed by atoms with E-state index in [0.29, 0.717) is 22.5 Å². The third-order valence-electron chi connectivity index (χ3n) is 4.42. The predicted molar refractivity (Wildman–Crippen MR) is 128 cm³/mol. The van der Waals surface area contributed by atoms with Crippen LogP contribution in [0.5, 0.6) is 0 Å². The minimum atomic E-state index is -0.868. The molecule has 0 saturated heterocycles. The molecule has 2 atom stereocenters. The highest BCUT2D eigenvalue weighted by Crippen LogP contribution is 2.24. The largest absolute Gasteiger partial charge is 0.509 e. The van der Waals surface area contributed by atoms with Gasteiger partial charge in [0.15, 0.2) is 0 Å². The Morgan fingerprint density at radius 3 is 1.59 bits per heavy atom. The zero-order valence-electron chi connectivity index (χ0n) is 19.1. The number of nitrogens with one attached hydrogen (secondary N) is 2. The Morgan fingerprint density at radius 2 is 1.21 bits per heavy atom. The highest BCUT2D eigenvalue weighted by Gasteiger charge is 2.18. The molecule has 0 aliphatic rings. The van der Waals surface area contributed by atoms with E-state index in [1.165, 1.54) is 12.2 Å². The van der Waals surface area contributed by atoms with Gasteiger partial charge in [0.1, 0.15) is 25.4 Å². The number of anilines is 2. The average Bonchev–Trinajstić information content (AvgIpc) is 2.81. The topological polar surface area (TPSA) is 112 Å². The van der Waals surface area contributed by atoms with Crippen LogP contribution < -0.4 is 10.6 Å². The fourth-order valence-corrected chi connectivity index (χ4v) is 2.77. The molecule has 9 nitrogen and oxygen atoms in total. The van der Waals surface area contributed by atoms with Crippen molar-refractivity contribution in [2.75, 3.05) is 23.8 Å². The molecule has 2 aromatic carbocycles. The van der Waals surface area contributed by atoms with Crippen LogP contribution in [0.1, 0.15) is 37.2 Å². The van der Waals surface area contributed by atoms with Gasteiger partial charge in [0, 0.05) is 11.4 Å². The zero-order valence-corrected chi connectivity index (χ0v) is 19.1. The van der Waals surface area contributed by atoms with E-state index >= 15 is 0 Å². The molecule has 0 bridgehead atoms. The third-order valence-corrected chi connectivity index (χ3v) is 4.42. The first-order valence-corrected chi connectivity index (χ1v) is 10.5. The van der Waals surface area contributed by atoms with Gasteiger partial charge in [-0.2, -0.15) is 0 Å². The third kappa shape index (κ3) is 8.70. The smallest absolute Gasteiger partial charge is 0.445 e. The van der Waals surface area contributed by atoms with Crippen molar-refractivity contribution in [1.82, 2.24) is 0 Å². The number of carbonyl (C=O) groups is 3. The van der Waals surface area contributed by atoms with Crippen LogP contribution in [-0.2, 0) is 18.9 Å². The van der Waals surface area contributed by atoms with Crippen LogP contribution >= 0.6 is 0 Å². The van der Waals surface area contributed by atoms with Crippen molar-refractivity contribution in [3.05, 3.63) is 85.0 Å². The Balaban J connectivity index is 1.93. The molecule has 2 unspecified atom stereocenters. The molecular formula is C25H28N2O7. The van der Waals surface area contributed by atoms with E-state index in [1.807, 2.05) is 0 Å². The number of rotatable bonds is 10. The summed E-state index contributed by atoms with van der Waals surface area (Å²) in [5.41, 5.74) is 2.27. The predicted octanol–water partition coefficient (Wildman–Crippen LogP) is 6.13. The summed E-state index contributed by atoms with van der Waals surface area (Å²) < 4.78 is 20.5. The van der Waals surface area contributed by atoms with Gasteiger partial charge < -0.3 is 18.9 Å². The molecule has 2 amide bonds. The second kappa shape index (κ2) is 13.3. The lowest BCUT2D eigenvalue weighted by Gasteiger charge is -2.18. The lowest BCUT2D eigenvalue weighted by atomic mass is 10.1. The van der Waals surface area contributed by atoms with Crippen LogP contribution in [0.4, 0.5) is 25.8 Å². The van der Waals surface area contributed by atoms with E-state index in [-0.39, 0.29) is 13.2 Å². The molecule has 2 aromatic rings. The second-order valence-electron chi connectivity index (χ2n) is 7.05. The number of amides is 2. The standard InChI is InChI=1S/C25H28N2O7/c1-5-13-31-23(28)26-21-11-7-9-19(15-21)17(3)33-25(30)34-18(4)20-10-8-12-22(16-20)27-24(29)32-14-6-2/h5-12,15-18H,1-2,13-14H2,3-4H3,(H,26,28)(H,27,29). The van der Waals surface area contributed by atoms with Crippen molar-refractivity contribution in [3.8, 4) is 0 Å². The van der Waals surface area contributed by atoms with Crippen LogP contribution in [0.2, 0.25) is 0 Å². The van der Waals surface area contributed by atoms with Crippen molar-refractivity contribution in [2.24, 2.45) is 0 Å². The summed E-state index contributed by atoms with van der Waals surface area (Å²) in [6.07, 6.45) is -0.467. The van der Waals surface area contributed by atoms with E-state index in [4.69, 9.17) is 18.9 Å². The molecule has 2 rings (SSSR count). The Kier molecular flexibility index (Phi) is 10.2. The monoisotopic (exact) mass is 468 g/mol. The van der Waals surface area contributed by atoms with Crippen LogP contribution in [0, 0.1) is 0 Å². The van der Waals surface area contributed by atoms with Crippen LogP contribution in [0.3, 0.4) is 0 Å². The molecule has 0 spiro atoms. The Labute approximate surface area is 198 Å². The van der Waals surface area contributed by atoms with E-state index in [0.717, 1.165) is 0 Å². The summed E-state index contributed by atoms with van der Waals surface area (Å²) in [5.74, 6) is 0. The van der Waals surface area contributed by atoms with Crippen molar-refractivity contribution < 1.29 is 33.3 Å². The van der Waals surface area contributed by atoms with Crippen molar-refractivity contribution in [1.29, 1.82) is 0 Å². The van der Waals surface area contributed by atoms with E-state index in [2.05, 4.69) is 23.8 Å². The highest BCUT2D eigenvalue weighted by atomic mass is 16.7. The minimum absolute atomic E-state index is 0.0907. The number of ether oxygens (including phenoxy) is 4.